The molecule has 0 fully saturated rings. The van der Waals surface area contributed by atoms with E-state index in [1.165, 1.54) is 66.4 Å². The second kappa shape index (κ2) is 14.3. The average Bonchev–Trinajstić information content (AvgIpc) is 3.25. The van der Waals surface area contributed by atoms with Gasteiger partial charge in [-0.15, -0.1) is 0 Å². The van der Waals surface area contributed by atoms with Gasteiger partial charge in [-0.05, 0) is 97.2 Å². The van der Waals surface area contributed by atoms with Crippen LogP contribution in [0.25, 0.3) is 66.4 Å². The van der Waals surface area contributed by atoms with Crippen molar-refractivity contribution in [2.75, 3.05) is 4.90 Å². The normalized spacial score (nSPS) is 11.0. The lowest BCUT2D eigenvalue weighted by Gasteiger charge is -2.29. The molecule has 53 heavy (non-hydrogen) atoms. The summed E-state index contributed by atoms with van der Waals surface area (Å²) in [5.74, 6) is 0. The molecule has 1 nitrogen and oxygen atoms in total. The van der Waals surface area contributed by atoms with Gasteiger partial charge in [0.15, 0.2) is 0 Å². The van der Waals surface area contributed by atoms with E-state index >= 15 is 0 Å². The van der Waals surface area contributed by atoms with Crippen molar-refractivity contribution in [1.29, 1.82) is 0 Å². The lowest BCUT2D eigenvalue weighted by molar-refractivity contribution is 1.28. The van der Waals surface area contributed by atoms with E-state index < -0.39 is 0 Å². The molecular weight excluding hydrogens is 639 g/mol. The Morgan fingerprint density at radius 3 is 1.42 bits per heavy atom. The maximum Gasteiger partial charge on any atom is 0.0540 e. The molecule has 0 aliphatic heterocycles. The van der Waals surface area contributed by atoms with Gasteiger partial charge in [0.25, 0.3) is 0 Å². The Balaban J connectivity index is 1.24. The second-order valence-electron chi connectivity index (χ2n) is 13.3. The average molecular weight is 676 g/mol. The Morgan fingerprint density at radius 1 is 0.264 bits per heavy atom. The molecule has 0 radical (unpaired) electrons. The van der Waals surface area contributed by atoms with Crippen molar-refractivity contribution in [1.82, 2.24) is 0 Å². The van der Waals surface area contributed by atoms with Crippen molar-refractivity contribution >= 4 is 27.8 Å². The summed E-state index contributed by atoms with van der Waals surface area (Å²) in [5.41, 5.74) is 15.3. The Hall–Kier alpha value is -6.96. The number of fused-ring (bicyclic) bond motifs is 1. The van der Waals surface area contributed by atoms with Gasteiger partial charge in [-0.3, -0.25) is 0 Å². The van der Waals surface area contributed by atoms with E-state index in [2.05, 4.69) is 229 Å². The summed E-state index contributed by atoms with van der Waals surface area (Å²) >= 11 is 0. The number of rotatable bonds is 8. The zero-order valence-corrected chi connectivity index (χ0v) is 29.3. The Bertz CT molecular complexity index is 2630. The van der Waals surface area contributed by atoms with Gasteiger partial charge in [-0.25, -0.2) is 0 Å². The maximum atomic E-state index is 2.41. The highest BCUT2D eigenvalue weighted by molar-refractivity contribution is 6.04. The minimum Gasteiger partial charge on any atom is -0.310 e. The van der Waals surface area contributed by atoms with Gasteiger partial charge < -0.3 is 4.90 Å². The number of nitrogens with zero attached hydrogens (tertiary/aromatic N) is 1. The first-order valence-electron chi connectivity index (χ1n) is 18.2. The highest BCUT2D eigenvalue weighted by Gasteiger charge is 2.20. The SMILES string of the molecule is c1ccc(-c2cccc(N(c3ccc(-c4c(-c5ccccc5)ccc5ccccc45)cc3)c3ccc(-c4ccccc4)cc3-c3ccccc3)c2)cc1. The fourth-order valence-corrected chi connectivity index (χ4v) is 7.49. The van der Waals surface area contributed by atoms with Crippen LogP contribution in [0, 0.1) is 0 Å². The van der Waals surface area contributed by atoms with Crippen molar-refractivity contribution < 1.29 is 0 Å². The van der Waals surface area contributed by atoms with Crippen LogP contribution in [0.15, 0.2) is 224 Å². The molecule has 9 aromatic rings. The summed E-state index contributed by atoms with van der Waals surface area (Å²) < 4.78 is 0. The van der Waals surface area contributed by atoms with Gasteiger partial charge in [0.2, 0.25) is 0 Å². The minimum atomic E-state index is 1.09. The van der Waals surface area contributed by atoms with E-state index in [4.69, 9.17) is 0 Å². The lowest BCUT2D eigenvalue weighted by Crippen LogP contribution is -2.11. The Labute approximate surface area is 311 Å². The van der Waals surface area contributed by atoms with Crippen LogP contribution >= 0.6 is 0 Å². The molecule has 0 aliphatic rings. The predicted octanol–water partition coefficient (Wildman–Crippen LogP) is 14.6. The van der Waals surface area contributed by atoms with Gasteiger partial charge in [0.1, 0.15) is 0 Å². The van der Waals surface area contributed by atoms with Crippen LogP contribution in [-0.4, -0.2) is 0 Å². The van der Waals surface area contributed by atoms with E-state index in [0.717, 1.165) is 17.1 Å². The third kappa shape index (κ3) is 6.42. The minimum absolute atomic E-state index is 1.09. The van der Waals surface area contributed by atoms with Crippen LogP contribution in [0.2, 0.25) is 0 Å². The maximum absolute atomic E-state index is 2.41. The van der Waals surface area contributed by atoms with E-state index in [0.29, 0.717) is 0 Å². The molecule has 1 heteroatoms. The molecule has 0 aliphatic carbocycles. The highest BCUT2D eigenvalue weighted by Crippen LogP contribution is 2.45. The molecule has 0 heterocycles. The molecule has 0 unspecified atom stereocenters. The van der Waals surface area contributed by atoms with Gasteiger partial charge in [-0.2, -0.15) is 0 Å². The molecule has 9 rings (SSSR count). The Morgan fingerprint density at radius 2 is 0.774 bits per heavy atom. The summed E-state index contributed by atoms with van der Waals surface area (Å²) in [5, 5.41) is 2.48. The van der Waals surface area contributed by atoms with Crippen molar-refractivity contribution in [3.63, 3.8) is 0 Å². The summed E-state index contributed by atoms with van der Waals surface area (Å²) in [6.07, 6.45) is 0. The summed E-state index contributed by atoms with van der Waals surface area (Å²) in [7, 11) is 0. The quantitative estimate of drug-likeness (QED) is 0.155. The number of hydrogen-bond acceptors (Lipinski definition) is 1. The molecule has 0 atom stereocenters. The van der Waals surface area contributed by atoms with E-state index in [9.17, 15) is 0 Å². The van der Waals surface area contributed by atoms with Gasteiger partial charge in [-0.1, -0.05) is 188 Å². The van der Waals surface area contributed by atoms with Crippen LogP contribution < -0.4 is 4.90 Å². The molecule has 9 aromatic carbocycles. The lowest BCUT2D eigenvalue weighted by atomic mass is 9.89. The molecule has 250 valence electrons. The van der Waals surface area contributed by atoms with E-state index in [1.54, 1.807) is 0 Å². The monoisotopic (exact) mass is 675 g/mol. The molecule has 0 bridgehead atoms. The number of benzene rings is 9. The van der Waals surface area contributed by atoms with Gasteiger partial charge >= 0.3 is 0 Å². The molecule has 0 spiro atoms. The standard InChI is InChI=1S/C52H37N/c1-5-16-38(17-6-1)44-25-15-26-47(36-44)53(51-35-31-45(39-18-7-2-8-19-39)37-50(51)41-22-11-4-12-23-41)46-32-28-43(29-33-46)52-48-27-14-13-24-42(48)30-34-49(52)40-20-9-3-10-21-40/h1-37H. The third-order valence-electron chi connectivity index (χ3n) is 10.1. The number of hydrogen-bond donors (Lipinski definition) is 0. The van der Waals surface area contributed by atoms with Crippen molar-refractivity contribution in [2.24, 2.45) is 0 Å². The van der Waals surface area contributed by atoms with E-state index in [-0.39, 0.29) is 0 Å². The van der Waals surface area contributed by atoms with Crippen LogP contribution in [0.4, 0.5) is 17.1 Å². The van der Waals surface area contributed by atoms with Crippen LogP contribution in [-0.2, 0) is 0 Å². The summed E-state index contributed by atoms with van der Waals surface area (Å²) in [6, 6.07) is 80.8. The van der Waals surface area contributed by atoms with Crippen LogP contribution in [0.5, 0.6) is 0 Å². The first-order chi connectivity index (χ1) is 26.3. The molecular formula is C52H37N. The molecule has 0 saturated heterocycles. The van der Waals surface area contributed by atoms with Crippen molar-refractivity contribution in [3.05, 3.63) is 224 Å². The highest BCUT2D eigenvalue weighted by atomic mass is 15.1. The first-order valence-corrected chi connectivity index (χ1v) is 18.2. The molecule has 0 aromatic heterocycles. The van der Waals surface area contributed by atoms with Crippen LogP contribution in [0.3, 0.4) is 0 Å². The fraction of sp³-hybridized carbons (Fsp3) is 0. The summed E-state index contributed by atoms with van der Waals surface area (Å²) in [4.78, 5) is 2.41. The van der Waals surface area contributed by atoms with Gasteiger partial charge in [0.05, 0.1) is 5.69 Å². The van der Waals surface area contributed by atoms with Crippen molar-refractivity contribution in [2.45, 2.75) is 0 Å². The molecule has 0 saturated carbocycles. The summed E-state index contributed by atoms with van der Waals surface area (Å²) in [6.45, 7) is 0. The smallest absolute Gasteiger partial charge is 0.0540 e. The number of anilines is 3. The Kier molecular flexibility index (Phi) is 8.66. The zero-order valence-electron chi connectivity index (χ0n) is 29.3. The largest absolute Gasteiger partial charge is 0.310 e. The first kappa shape index (κ1) is 32.0. The topological polar surface area (TPSA) is 3.24 Å². The molecule has 0 amide bonds. The second-order valence-corrected chi connectivity index (χ2v) is 13.3. The predicted molar refractivity (Wildman–Crippen MR) is 226 cm³/mol. The van der Waals surface area contributed by atoms with Crippen LogP contribution in [0.1, 0.15) is 0 Å². The molecule has 0 N–H and O–H groups in total. The fourth-order valence-electron chi connectivity index (χ4n) is 7.49. The third-order valence-corrected chi connectivity index (χ3v) is 10.1. The van der Waals surface area contributed by atoms with Gasteiger partial charge in [0, 0.05) is 16.9 Å². The van der Waals surface area contributed by atoms with Crippen molar-refractivity contribution in [3.8, 4) is 55.6 Å². The zero-order chi connectivity index (χ0) is 35.4. The van der Waals surface area contributed by atoms with E-state index in [1.807, 2.05) is 0 Å².